The van der Waals surface area contributed by atoms with E-state index in [0.717, 1.165) is 17.0 Å². The Bertz CT molecular complexity index is 834. The van der Waals surface area contributed by atoms with Gasteiger partial charge >= 0.3 is 6.18 Å². The smallest absolute Gasteiger partial charge is 0.416 e. The van der Waals surface area contributed by atoms with Crippen LogP contribution < -0.4 is 14.9 Å². The summed E-state index contributed by atoms with van der Waals surface area (Å²) in [6, 6.07) is 9.36. The van der Waals surface area contributed by atoms with Crippen LogP contribution in [-0.4, -0.2) is 31.1 Å². The molecule has 0 saturated carbocycles. The van der Waals surface area contributed by atoms with Gasteiger partial charge in [-0.25, -0.2) is 0 Å². The summed E-state index contributed by atoms with van der Waals surface area (Å²) in [5.74, 6) is -0.617. The Labute approximate surface area is 153 Å². The second-order valence-electron chi connectivity index (χ2n) is 6.52. The fraction of sp³-hybridized carbons (Fsp3) is 0.333. The van der Waals surface area contributed by atoms with Crippen LogP contribution >= 0.6 is 0 Å². The molecular formula is C18H18F3N3O3. The number of rotatable bonds is 4. The minimum Gasteiger partial charge on any atom is -0.868 e. The predicted octanol–water partition coefficient (Wildman–Crippen LogP) is 1.59. The lowest BCUT2D eigenvalue weighted by Gasteiger charge is -2.34. The van der Waals surface area contributed by atoms with Crippen molar-refractivity contribution in [1.29, 1.82) is 0 Å². The maximum absolute atomic E-state index is 12.9. The Morgan fingerprint density at radius 3 is 2.44 bits per heavy atom. The number of hydrogen-bond donors (Lipinski definition) is 1. The molecule has 6 nitrogen and oxygen atoms in total. The maximum Gasteiger partial charge on any atom is 0.416 e. The van der Waals surface area contributed by atoms with Crippen LogP contribution in [0.15, 0.2) is 42.5 Å². The fourth-order valence-corrected chi connectivity index (χ4v) is 3.24. The summed E-state index contributed by atoms with van der Waals surface area (Å²) >= 11 is 0. The van der Waals surface area contributed by atoms with Crippen LogP contribution in [0.1, 0.15) is 11.1 Å². The van der Waals surface area contributed by atoms with Gasteiger partial charge in [0.2, 0.25) is 0 Å². The number of nitro benzene ring substituents is 1. The summed E-state index contributed by atoms with van der Waals surface area (Å²) in [7, 11) is 0. The molecule has 144 valence electrons. The van der Waals surface area contributed by atoms with Gasteiger partial charge in [-0.3, -0.25) is 10.1 Å². The molecule has 2 aromatic rings. The number of nitrogens with one attached hydrogen (secondary N) is 1. The van der Waals surface area contributed by atoms with Crippen molar-refractivity contribution in [3.05, 3.63) is 63.7 Å². The van der Waals surface area contributed by atoms with Gasteiger partial charge in [-0.05, 0) is 23.9 Å². The molecule has 0 spiro atoms. The molecule has 1 aliphatic heterocycles. The maximum atomic E-state index is 12.9. The first kappa shape index (κ1) is 19.0. The van der Waals surface area contributed by atoms with Gasteiger partial charge in [0.1, 0.15) is 6.54 Å². The van der Waals surface area contributed by atoms with Gasteiger partial charge in [0.15, 0.2) is 0 Å². The van der Waals surface area contributed by atoms with E-state index in [2.05, 4.69) is 0 Å². The van der Waals surface area contributed by atoms with E-state index in [1.54, 1.807) is 12.1 Å². The molecule has 3 rings (SSSR count). The Balaban J connectivity index is 1.63. The highest BCUT2D eigenvalue weighted by molar-refractivity contribution is 5.49. The first-order valence-corrected chi connectivity index (χ1v) is 8.44. The molecule has 0 unspecified atom stereocenters. The van der Waals surface area contributed by atoms with E-state index in [9.17, 15) is 28.4 Å². The van der Waals surface area contributed by atoms with Crippen LogP contribution in [0.3, 0.4) is 0 Å². The molecule has 1 heterocycles. The summed E-state index contributed by atoms with van der Waals surface area (Å²) in [6.45, 7) is 3.06. The van der Waals surface area contributed by atoms with E-state index in [1.807, 2.05) is 4.90 Å². The van der Waals surface area contributed by atoms with Gasteiger partial charge in [-0.15, -0.1) is 0 Å². The van der Waals surface area contributed by atoms with Crippen LogP contribution in [0.25, 0.3) is 0 Å². The molecule has 1 aliphatic rings. The van der Waals surface area contributed by atoms with Gasteiger partial charge in [-0.1, -0.05) is 18.2 Å². The fourth-order valence-electron chi connectivity index (χ4n) is 3.24. The monoisotopic (exact) mass is 381 g/mol. The predicted molar refractivity (Wildman–Crippen MR) is 90.6 cm³/mol. The number of nitro groups is 1. The van der Waals surface area contributed by atoms with Crippen molar-refractivity contribution in [1.82, 2.24) is 0 Å². The van der Waals surface area contributed by atoms with Crippen molar-refractivity contribution in [2.45, 2.75) is 12.7 Å². The van der Waals surface area contributed by atoms with Crippen molar-refractivity contribution in [2.75, 3.05) is 31.1 Å². The third-order valence-corrected chi connectivity index (χ3v) is 4.68. The van der Waals surface area contributed by atoms with Crippen molar-refractivity contribution in [3.63, 3.8) is 0 Å². The third-order valence-electron chi connectivity index (χ3n) is 4.68. The molecule has 9 heteroatoms. The van der Waals surface area contributed by atoms with Gasteiger partial charge in [0.25, 0.3) is 5.69 Å². The van der Waals surface area contributed by atoms with E-state index in [0.29, 0.717) is 44.0 Å². The highest BCUT2D eigenvalue weighted by Crippen LogP contribution is 2.31. The molecule has 0 amide bonds. The summed E-state index contributed by atoms with van der Waals surface area (Å²) in [6.07, 6.45) is -4.37. The quantitative estimate of drug-likeness (QED) is 0.645. The summed E-state index contributed by atoms with van der Waals surface area (Å²) in [4.78, 5) is 13.3. The topological polar surface area (TPSA) is 73.9 Å². The van der Waals surface area contributed by atoms with Crippen molar-refractivity contribution in [2.24, 2.45) is 0 Å². The lowest BCUT2D eigenvalue weighted by molar-refractivity contribution is -0.914. The average Bonchev–Trinajstić information content (AvgIpc) is 2.63. The number of anilines is 1. The Morgan fingerprint density at radius 2 is 1.81 bits per heavy atom. The zero-order valence-electron chi connectivity index (χ0n) is 14.3. The molecule has 1 fully saturated rings. The first-order chi connectivity index (χ1) is 12.7. The zero-order valence-corrected chi connectivity index (χ0v) is 14.3. The van der Waals surface area contributed by atoms with Crippen molar-refractivity contribution in [3.8, 4) is 5.75 Å². The van der Waals surface area contributed by atoms with E-state index >= 15 is 0 Å². The third kappa shape index (κ3) is 4.48. The van der Waals surface area contributed by atoms with Gasteiger partial charge in [-0.2, -0.15) is 13.2 Å². The molecule has 0 bridgehead atoms. The standard InChI is InChI=1S/C18H18F3N3O3/c19-18(20,21)14-2-1-3-15(11-14)23-8-6-22(7-9-23)12-13-4-5-17(25)16(10-13)24(26)27/h1-5,10-11,25H,6-9,12H2. The number of piperazine rings is 1. The van der Waals surface area contributed by atoms with Crippen LogP contribution in [0.4, 0.5) is 24.5 Å². The molecule has 0 aromatic heterocycles. The summed E-state index contributed by atoms with van der Waals surface area (Å²) in [5, 5.41) is 22.3. The van der Waals surface area contributed by atoms with E-state index < -0.39 is 28.1 Å². The summed E-state index contributed by atoms with van der Waals surface area (Å²) in [5.41, 5.74) is 0.133. The second-order valence-corrected chi connectivity index (χ2v) is 6.52. The van der Waals surface area contributed by atoms with Crippen molar-refractivity contribution >= 4 is 11.4 Å². The minimum atomic E-state index is -4.37. The Kier molecular flexibility index (Phi) is 5.22. The molecule has 0 radical (unpaired) electrons. The number of nitrogens with zero attached hydrogens (tertiary/aromatic N) is 2. The minimum absolute atomic E-state index is 0.436. The first-order valence-electron chi connectivity index (χ1n) is 8.44. The number of alkyl halides is 3. The Hall–Kier alpha value is -2.81. The Morgan fingerprint density at radius 1 is 1.11 bits per heavy atom. The van der Waals surface area contributed by atoms with Crippen LogP contribution in [0, 0.1) is 10.1 Å². The second kappa shape index (κ2) is 7.43. The highest BCUT2D eigenvalue weighted by Gasteiger charge is 2.31. The summed E-state index contributed by atoms with van der Waals surface area (Å²) < 4.78 is 38.6. The molecule has 0 aliphatic carbocycles. The average molecular weight is 381 g/mol. The molecule has 1 N–H and O–H groups in total. The van der Waals surface area contributed by atoms with Crippen LogP contribution in [0.5, 0.6) is 5.75 Å². The molecule has 1 saturated heterocycles. The molecule has 27 heavy (non-hydrogen) atoms. The molecular weight excluding hydrogens is 363 g/mol. The van der Waals surface area contributed by atoms with E-state index in [-0.39, 0.29) is 0 Å². The lowest BCUT2D eigenvalue weighted by atomic mass is 10.1. The van der Waals surface area contributed by atoms with Gasteiger partial charge in [0.05, 0.1) is 36.7 Å². The van der Waals surface area contributed by atoms with Crippen LogP contribution in [0.2, 0.25) is 0 Å². The van der Waals surface area contributed by atoms with Gasteiger partial charge in [0, 0.05) is 17.3 Å². The van der Waals surface area contributed by atoms with Crippen molar-refractivity contribution < 1.29 is 28.1 Å². The highest BCUT2D eigenvalue weighted by atomic mass is 19.4. The number of hydrogen-bond acceptors (Lipinski definition) is 4. The number of quaternary nitrogens is 1. The van der Waals surface area contributed by atoms with E-state index in [4.69, 9.17) is 0 Å². The van der Waals surface area contributed by atoms with Gasteiger partial charge < -0.3 is 14.9 Å². The van der Waals surface area contributed by atoms with E-state index in [1.165, 1.54) is 18.2 Å². The number of benzene rings is 2. The molecule has 2 aromatic carbocycles. The normalized spacial score (nSPS) is 15.7. The lowest BCUT2D eigenvalue weighted by Crippen LogP contribution is -3.13. The zero-order chi connectivity index (χ0) is 19.6. The number of halogens is 3. The van der Waals surface area contributed by atoms with Crippen LogP contribution in [-0.2, 0) is 12.7 Å². The SMILES string of the molecule is O=[N+]([O-])c1cc(C[NH+]2CCN(c3cccc(C(F)(F)F)c3)CC2)ccc1[O-]. The molecule has 0 atom stereocenters. The largest absolute Gasteiger partial charge is 0.868 e.